The summed E-state index contributed by atoms with van der Waals surface area (Å²) in [4.78, 5) is 33.6. The number of hydrogen-bond donors (Lipinski definition) is 0. The molecule has 1 fully saturated rings. The van der Waals surface area contributed by atoms with Crippen molar-refractivity contribution in [1.82, 2.24) is 9.80 Å². The number of thiophene rings is 1. The van der Waals surface area contributed by atoms with Gasteiger partial charge in [-0.2, -0.15) is 0 Å². The van der Waals surface area contributed by atoms with Gasteiger partial charge in [-0.15, -0.1) is 11.3 Å². The Balaban J connectivity index is 1.39. The summed E-state index contributed by atoms with van der Waals surface area (Å²) >= 11 is 1.73. The summed E-state index contributed by atoms with van der Waals surface area (Å²) < 4.78 is 13.7. The van der Waals surface area contributed by atoms with Gasteiger partial charge in [-0.3, -0.25) is 9.59 Å². The lowest BCUT2D eigenvalue weighted by atomic mass is 9.81. The third-order valence-electron chi connectivity index (χ3n) is 9.71. The van der Waals surface area contributed by atoms with Gasteiger partial charge < -0.3 is 19.3 Å². The number of aryl methyl sites for hydroxylation is 1. The Morgan fingerprint density at radius 2 is 1.71 bits per heavy atom. The van der Waals surface area contributed by atoms with Crippen molar-refractivity contribution in [1.29, 1.82) is 0 Å². The van der Waals surface area contributed by atoms with Crippen LogP contribution in [-0.4, -0.2) is 60.5 Å². The predicted molar refractivity (Wildman–Crippen MR) is 164 cm³/mol. The Morgan fingerprint density at radius 3 is 2.34 bits per heavy atom. The van der Waals surface area contributed by atoms with E-state index in [1.807, 2.05) is 25.7 Å². The van der Waals surface area contributed by atoms with E-state index in [1.54, 1.807) is 11.3 Å². The first kappa shape index (κ1) is 28.2. The maximum atomic E-state index is 14.2. The smallest absolute Gasteiger partial charge is 0.254 e. The summed E-state index contributed by atoms with van der Waals surface area (Å²) in [6.45, 7) is 11.1. The van der Waals surface area contributed by atoms with Gasteiger partial charge in [0.2, 0.25) is 0 Å². The molecule has 6 nitrogen and oxygen atoms in total. The van der Waals surface area contributed by atoms with Crippen molar-refractivity contribution in [3.05, 3.63) is 56.5 Å². The summed E-state index contributed by atoms with van der Waals surface area (Å²) in [6.07, 6.45) is 7.56. The molecule has 4 aliphatic rings. The number of benzene rings is 1. The normalized spacial score (nSPS) is 26.1. The van der Waals surface area contributed by atoms with Gasteiger partial charge in [0.1, 0.15) is 0 Å². The molecule has 1 saturated carbocycles. The van der Waals surface area contributed by atoms with E-state index in [4.69, 9.17) is 9.47 Å². The standard InChI is InChI=1S/C34H42N2O4S/c1-19-16-20(2)26(27(37)17-19)18-36-15-14-25-29(33(36)38)22(4)31-32(30(25)28-13-8-21(3)41-28)40-34(5,39-31)23-9-11-24(12-10-23)35(6)7/h8,13,16,23-24H,9-12,14-15,17-18H2,1-7H3/t23?,24?,34-/m0/s1. The topological polar surface area (TPSA) is 59.1 Å². The van der Waals surface area contributed by atoms with Crippen molar-refractivity contribution in [3.8, 4) is 21.9 Å². The van der Waals surface area contributed by atoms with E-state index < -0.39 is 5.79 Å². The third kappa shape index (κ3) is 4.85. The molecule has 0 N–H and O–H groups in total. The molecule has 0 unspecified atom stereocenters. The highest BCUT2D eigenvalue weighted by Gasteiger charge is 2.49. The van der Waals surface area contributed by atoms with Gasteiger partial charge in [-0.05, 0) is 97.2 Å². The SMILES string of the molecule is CC1=CC(C)=C(CN2CCc3c(c(C)c4c(c3-c3ccc(C)s3)O[C@@](C)(C3CCC(N(C)C)CC3)O4)C2=O)C(=O)C1. The molecule has 2 aliphatic heterocycles. The van der Waals surface area contributed by atoms with Crippen molar-refractivity contribution >= 4 is 23.0 Å². The second-order valence-electron chi connectivity index (χ2n) is 12.8. The molecule has 218 valence electrons. The summed E-state index contributed by atoms with van der Waals surface area (Å²) in [5, 5.41) is 0. The van der Waals surface area contributed by atoms with Crippen LogP contribution in [0.25, 0.3) is 10.4 Å². The molecular formula is C34H42N2O4S. The Kier molecular flexibility index (Phi) is 7.18. The fourth-order valence-electron chi connectivity index (χ4n) is 7.33. The van der Waals surface area contributed by atoms with Crippen LogP contribution in [0.2, 0.25) is 0 Å². The largest absolute Gasteiger partial charge is 0.448 e. The van der Waals surface area contributed by atoms with Crippen LogP contribution >= 0.6 is 11.3 Å². The molecule has 3 heterocycles. The summed E-state index contributed by atoms with van der Waals surface area (Å²) in [5.41, 5.74) is 6.42. The highest BCUT2D eigenvalue weighted by Crippen LogP contribution is 2.56. The minimum Gasteiger partial charge on any atom is -0.448 e. The van der Waals surface area contributed by atoms with Crippen molar-refractivity contribution < 1.29 is 19.1 Å². The fourth-order valence-corrected chi connectivity index (χ4v) is 8.27. The summed E-state index contributed by atoms with van der Waals surface area (Å²) in [5.74, 6) is 1.11. The van der Waals surface area contributed by atoms with Crippen LogP contribution in [-0.2, 0) is 11.2 Å². The third-order valence-corrected chi connectivity index (χ3v) is 10.7. The monoisotopic (exact) mass is 574 g/mol. The molecule has 1 aromatic heterocycles. The van der Waals surface area contributed by atoms with E-state index in [1.165, 1.54) is 4.88 Å². The van der Waals surface area contributed by atoms with E-state index in [2.05, 4.69) is 51.1 Å². The molecule has 41 heavy (non-hydrogen) atoms. The van der Waals surface area contributed by atoms with Crippen molar-refractivity contribution in [2.45, 2.75) is 85.0 Å². The first-order valence-electron chi connectivity index (χ1n) is 15.0. The number of nitrogens with zero attached hydrogens (tertiary/aromatic N) is 2. The number of hydrogen-bond acceptors (Lipinski definition) is 6. The summed E-state index contributed by atoms with van der Waals surface area (Å²) in [7, 11) is 4.32. The van der Waals surface area contributed by atoms with Gasteiger partial charge >= 0.3 is 0 Å². The average molecular weight is 575 g/mol. The van der Waals surface area contributed by atoms with E-state index in [0.29, 0.717) is 43.3 Å². The number of fused-ring (bicyclic) bond motifs is 2. The van der Waals surface area contributed by atoms with Gasteiger partial charge in [-0.1, -0.05) is 11.6 Å². The zero-order valence-corrected chi connectivity index (χ0v) is 26.3. The highest BCUT2D eigenvalue weighted by atomic mass is 32.1. The zero-order valence-electron chi connectivity index (χ0n) is 25.5. The van der Waals surface area contributed by atoms with Crippen LogP contribution < -0.4 is 9.47 Å². The minimum atomic E-state index is -0.765. The number of rotatable bonds is 5. The zero-order chi connectivity index (χ0) is 29.2. The van der Waals surface area contributed by atoms with E-state index in [9.17, 15) is 9.59 Å². The Morgan fingerprint density at radius 1 is 1.00 bits per heavy atom. The van der Waals surface area contributed by atoms with Gasteiger partial charge in [0.05, 0.1) is 5.56 Å². The Bertz CT molecular complexity index is 1490. The van der Waals surface area contributed by atoms with Crippen LogP contribution in [0.1, 0.15) is 79.2 Å². The number of carbonyl (C=O) groups excluding carboxylic acids is 2. The van der Waals surface area contributed by atoms with Gasteiger partial charge in [0.15, 0.2) is 17.3 Å². The number of allylic oxidation sites excluding steroid dienone is 3. The second-order valence-corrected chi connectivity index (χ2v) is 14.1. The van der Waals surface area contributed by atoms with Crippen molar-refractivity contribution in [2.24, 2.45) is 5.92 Å². The molecule has 1 amide bonds. The number of Topliss-reactive ketones (excluding diaryl/α,β-unsaturated/α-hetero) is 1. The lowest BCUT2D eigenvalue weighted by Crippen LogP contribution is -2.46. The molecule has 0 bridgehead atoms. The number of ether oxygens (including phenoxy) is 2. The van der Waals surface area contributed by atoms with E-state index in [0.717, 1.165) is 69.7 Å². The maximum absolute atomic E-state index is 14.2. The van der Waals surface area contributed by atoms with Gasteiger partial charge in [-0.25, -0.2) is 0 Å². The number of ketones is 1. The van der Waals surface area contributed by atoms with E-state index >= 15 is 0 Å². The molecule has 1 aromatic carbocycles. The van der Waals surface area contributed by atoms with Crippen LogP contribution in [0.3, 0.4) is 0 Å². The van der Waals surface area contributed by atoms with Gasteiger partial charge in [0, 0.05) is 64.8 Å². The maximum Gasteiger partial charge on any atom is 0.254 e. The molecule has 2 aliphatic carbocycles. The molecular weight excluding hydrogens is 532 g/mol. The van der Waals surface area contributed by atoms with Crippen LogP contribution in [0.4, 0.5) is 0 Å². The van der Waals surface area contributed by atoms with Crippen LogP contribution in [0.5, 0.6) is 11.5 Å². The molecule has 0 radical (unpaired) electrons. The minimum absolute atomic E-state index is 0.0239. The molecule has 0 saturated heterocycles. The molecule has 7 heteroatoms. The van der Waals surface area contributed by atoms with Crippen LogP contribution in [0.15, 0.2) is 34.9 Å². The number of carbonyl (C=O) groups is 2. The Hall–Kier alpha value is -2.90. The van der Waals surface area contributed by atoms with Gasteiger partial charge in [0.25, 0.3) is 11.7 Å². The van der Waals surface area contributed by atoms with Crippen LogP contribution in [0, 0.1) is 19.8 Å². The van der Waals surface area contributed by atoms with Crippen molar-refractivity contribution in [3.63, 3.8) is 0 Å². The predicted octanol–water partition coefficient (Wildman–Crippen LogP) is 6.87. The lowest BCUT2D eigenvalue weighted by molar-refractivity contribution is -0.123. The molecule has 1 atom stereocenters. The van der Waals surface area contributed by atoms with E-state index in [-0.39, 0.29) is 17.6 Å². The molecule has 0 spiro atoms. The first-order chi connectivity index (χ1) is 19.5. The average Bonchev–Trinajstić information content (AvgIpc) is 3.51. The van der Waals surface area contributed by atoms with Crippen molar-refractivity contribution in [2.75, 3.05) is 27.2 Å². The first-order valence-corrected chi connectivity index (χ1v) is 15.8. The number of amides is 1. The lowest BCUT2D eigenvalue weighted by Gasteiger charge is -2.39. The fraction of sp³-hybridized carbons (Fsp3) is 0.529. The second kappa shape index (κ2) is 10.4. The molecule has 6 rings (SSSR count). The Labute approximate surface area is 248 Å². The summed E-state index contributed by atoms with van der Waals surface area (Å²) in [6, 6.07) is 4.87. The molecule has 2 aromatic rings. The highest BCUT2D eigenvalue weighted by molar-refractivity contribution is 7.15. The quantitative estimate of drug-likeness (QED) is 0.390.